The number of methoxy groups -OCH3 is 1. The summed E-state index contributed by atoms with van der Waals surface area (Å²) in [5, 5.41) is 12.5. The van der Waals surface area contributed by atoms with Crippen molar-refractivity contribution in [3.8, 4) is 0 Å². The van der Waals surface area contributed by atoms with Gasteiger partial charge in [-0.05, 0) is 29.0 Å². The van der Waals surface area contributed by atoms with Crippen LogP contribution in [0.4, 0.5) is 5.82 Å². The third kappa shape index (κ3) is 4.72. The van der Waals surface area contributed by atoms with Crippen molar-refractivity contribution >= 4 is 28.4 Å². The number of aliphatic hydroxyl groups excluding tert-OH is 1. The summed E-state index contributed by atoms with van der Waals surface area (Å²) >= 11 is 2.16. The molecule has 0 aliphatic rings. The van der Waals surface area contributed by atoms with Crippen LogP contribution >= 0.6 is 22.6 Å². The van der Waals surface area contributed by atoms with Crippen LogP contribution in [0.25, 0.3) is 0 Å². The number of ether oxygens (including phenoxy) is 1. The van der Waals surface area contributed by atoms with Crippen LogP contribution in [-0.2, 0) is 4.74 Å². The largest absolute Gasteiger partial charge is 0.391 e. The van der Waals surface area contributed by atoms with Gasteiger partial charge in [0, 0.05) is 19.9 Å². The van der Waals surface area contributed by atoms with Gasteiger partial charge in [-0.2, -0.15) is 0 Å². The maximum absolute atomic E-state index is 9.40. The lowest BCUT2D eigenvalue weighted by Crippen LogP contribution is -2.18. The molecule has 2 N–H and O–H groups in total. The molecule has 6 heteroatoms. The molecule has 0 fully saturated rings. The lowest BCUT2D eigenvalue weighted by molar-refractivity contribution is 0.0615. The van der Waals surface area contributed by atoms with Crippen molar-refractivity contribution in [3.63, 3.8) is 0 Å². The van der Waals surface area contributed by atoms with Gasteiger partial charge < -0.3 is 15.2 Å². The van der Waals surface area contributed by atoms with Gasteiger partial charge in [0.25, 0.3) is 0 Å². The van der Waals surface area contributed by atoms with E-state index in [1.165, 1.54) is 6.33 Å². The molecule has 0 saturated heterocycles. The second-order valence-corrected chi connectivity index (χ2v) is 4.21. The average molecular weight is 323 g/mol. The number of aliphatic hydroxyl groups is 1. The van der Waals surface area contributed by atoms with Crippen molar-refractivity contribution in [2.75, 3.05) is 25.6 Å². The molecule has 1 rings (SSSR count). The first kappa shape index (κ1) is 12.6. The van der Waals surface area contributed by atoms with Crippen molar-refractivity contribution in [1.82, 2.24) is 9.97 Å². The monoisotopic (exact) mass is 323 g/mol. The van der Waals surface area contributed by atoms with Crippen LogP contribution in [-0.4, -0.2) is 41.4 Å². The van der Waals surface area contributed by atoms with E-state index in [0.717, 1.165) is 9.39 Å². The maximum Gasteiger partial charge on any atom is 0.142 e. The third-order valence-electron chi connectivity index (χ3n) is 1.80. The third-order valence-corrected chi connectivity index (χ3v) is 2.59. The summed E-state index contributed by atoms with van der Waals surface area (Å²) in [7, 11) is 1.57. The van der Waals surface area contributed by atoms with E-state index >= 15 is 0 Å². The number of aromatic nitrogens is 2. The molecule has 0 bridgehead atoms. The zero-order chi connectivity index (χ0) is 11.1. The fraction of sp³-hybridized carbons (Fsp3) is 0.556. The zero-order valence-corrected chi connectivity index (χ0v) is 10.6. The first-order valence-electron chi connectivity index (χ1n) is 4.60. The average Bonchev–Trinajstić information content (AvgIpc) is 2.21. The Morgan fingerprint density at radius 1 is 1.67 bits per heavy atom. The summed E-state index contributed by atoms with van der Waals surface area (Å²) in [5.41, 5.74) is 0. The van der Waals surface area contributed by atoms with Crippen molar-refractivity contribution in [2.24, 2.45) is 0 Å². The van der Waals surface area contributed by atoms with E-state index in [4.69, 9.17) is 4.74 Å². The molecular formula is C9H14IN3O2. The Morgan fingerprint density at radius 2 is 2.47 bits per heavy atom. The highest BCUT2D eigenvalue weighted by atomic mass is 127. The fourth-order valence-electron chi connectivity index (χ4n) is 1.08. The number of nitrogens with one attached hydrogen (secondary N) is 1. The number of anilines is 1. The van der Waals surface area contributed by atoms with Crippen LogP contribution in [0.1, 0.15) is 6.42 Å². The highest BCUT2D eigenvalue weighted by molar-refractivity contribution is 14.1. The summed E-state index contributed by atoms with van der Waals surface area (Å²) in [6.45, 7) is 1.03. The second kappa shape index (κ2) is 6.91. The second-order valence-electron chi connectivity index (χ2n) is 3.04. The van der Waals surface area contributed by atoms with Gasteiger partial charge >= 0.3 is 0 Å². The Morgan fingerprint density at radius 3 is 3.13 bits per heavy atom. The molecule has 0 aliphatic carbocycles. The van der Waals surface area contributed by atoms with Crippen molar-refractivity contribution in [3.05, 3.63) is 16.1 Å². The number of nitrogens with zero attached hydrogens (tertiary/aromatic N) is 2. The number of rotatable bonds is 6. The minimum atomic E-state index is -0.429. The van der Waals surface area contributed by atoms with Crippen molar-refractivity contribution in [2.45, 2.75) is 12.5 Å². The van der Waals surface area contributed by atoms with Crippen LogP contribution in [0.2, 0.25) is 0 Å². The van der Waals surface area contributed by atoms with Gasteiger partial charge in [0.1, 0.15) is 12.1 Å². The standard InChI is InChI=1S/C9H14IN3O2/c1-15-5-7(14)2-3-12-9-8(10)4-11-6-13-9/h4,6-7,14H,2-3,5H2,1H3,(H,11,12,13). The van der Waals surface area contributed by atoms with Crippen LogP contribution in [0.15, 0.2) is 12.5 Å². The number of hydrogen-bond acceptors (Lipinski definition) is 5. The van der Waals surface area contributed by atoms with Crippen LogP contribution in [0.5, 0.6) is 0 Å². The van der Waals surface area contributed by atoms with Gasteiger partial charge in [0.2, 0.25) is 0 Å². The molecule has 1 atom stereocenters. The molecule has 0 aromatic carbocycles. The summed E-state index contributed by atoms with van der Waals surface area (Å²) < 4.78 is 5.79. The minimum Gasteiger partial charge on any atom is -0.391 e. The molecule has 84 valence electrons. The number of hydrogen-bond donors (Lipinski definition) is 2. The van der Waals surface area contributed by atoms with E-state index in [9.17, 15) is 5.11 Å². The molecule has 1 aromatic rings. The Bertz CT molecular complexity index is 298. The SMILES string of the molecule is COCC(O)CCNc1ncncc1I. The molecule has 0 aliphatic heterocycles. The highest BCUT2D eigenvalue weighted by Gasteiger charge is 2.04. The van der Waals surface area contributed by atoms with Gasteiger partial charge in [-0.1, -0.05) is 0 Å². The van der Waals surface area contributed by atoms with E-state index in [2.05, 4.69) is 37.9 Å². The van der Waals surface area contributed by atoms with Crippen LogP contribution in [0.3, 0.4) is 0 Å². The Kier molecular flexibility index (Phi) is 5.81. The molecule has 0 amide bonds. The molecule has 15 heavy (non-hydrogen) atoms. The van der Waals surface area contributed by atoms with E-state index in [1.807, 2.05) is 0 Å². The molecular weight excluding hydrogens is 309 g/mol. The molecule has 0 spiro atoms. The van der Waals surface area contributed by atoms with Crippen molar-refractivity contribution < 1.29 is 9.84 Å². The normalized spacial score (nSPS) is 12.5. The van der Waals surface area contributed by atoms with E-state index in [1.54, 1.807) is 13.3 Å². The van der Waals surface area contributed by atoms with Gasteiger partial charge in [-0.15, -0.1) is 0 Å². The van der Waals surface area contributed by atoms with Gasteiger partial charge in [0.05, 0.1) is 16.3 Å². The molecule has 0 radical (unpaired) electrons. The van der Waals surface area contributed by atoms with Crippen LogP contribution < -0.4 is 5.32 Å². The quantitative estimate of drug-likeness (QED) is 0.761. The van der Waals surface area contributed by atoms with Crippen molar-refractivity contribution in [1.29, 1.82) is 0 Å². The summed E-state index contributed by atoms with van der Waals surface area (Å²) in [6, 6.07) is 0. The molecule has 1 unspecified atom stereocenters. The summed E-state index contributed by atoms with van der Waals surface area (Å²) in [6.07, 6.45) is 3.44. The van der Waals surface area contributed by atoms with Crippen LogP contribution in [0, 0.1) is 3.57 Å². The molecule has 0 saturated carbocycles. The lowest BCUT2D eigenvalue weighted by Gasteiger charge is -2.10. The zero-order valence-electron chi connectivity index (χ0n) is 8.48. The smallest absolute Gasteiger partial charge is 0.142 e. The van der Waals surface area contributed by atoms with Gasteiger partial charge in [-0.3, -0.25) is 0 Å². The Balaban J connectivity index is 2.29. The molecule has 1 aromatic heterocycles. The number of halogens is 1. The van der Waals surface area contributed by atoms with Gasteiger partial charge in [-0.25, -0.2) is 9.97 Å². The minimum absolute atomic E-state index is 0.364. The predicted octanol–water partition coefficient (Wildman–Crippen LogP) is 0.890. The molecule has 1 heterocycles. The maximum atomic E-state index is 9.40. The fourth-order valence-corrected chi connectivity index (χ4v) is 1.57. The Hall–Kier alpha value is -0.470. The highest BCUT2D eigenvalue weighted by Crippen LogP contribution is 2.12. The van der Waals surface area contributed by atoms with E-state index in [0.29, 0.717) is 19.6 Å². The summed E-state index contributed by atoms with van der Waals surface area (Å²) in [4.78, 5) is 7.97. The topological polar surface area (TPSA) is 67.3 Å². The van der Waals surface area contributed by atoms with E-state index < -0.39 is 6.10 Å². The van der Waals surface area contributed by atoms with E-state index in [-0.39, 0.29) is 0 Å². The predicted molar refractivity (Wildman–Crippen MR) is 65.7 cm³/mol. The summed E-state index contributed by atoms with van der Waals surface area (Å²) in [5.74, 6) is 0.801. The lowest BCUT2D eigenvalue weighted by atomic mass is 10.2. The Labute approximate surface area is 102 Å². The molecule has 5 nitrogen and oxygen atoms in total. The first-order valence-corrected chi connectivity index (χ1v) is 5.68. The first-order chi connectivity index (χ1) is 7.24. The van der Waals surface area contributed by atoms with Gasteiger partial charge in [0.15, 0.2) is 0 Å².